The molecule has 7 heteroatoms. The van der Waals surface area contributed by atoms with Crippen LogP contribution in [0.15, 0.2) is 41.3 Å². The first-order chi connectivity index (χ1) is 10.1. The molecule has 0 saturated heterocycles. The van der Waals surface area contributed by atoms with Gasteiger partial charge in [0.25, 0.3) is 11.5 Å². The van der Waals surface area contributed by atoms with Crippen molar-refractivity contribution >= 4 is 11.6 Å². The first-order valence-electron chi connectivity index (χ1n) is 6.42. The van der Waals surface area contributed by atoms with Gasteiger partial charge in [0, 0.05) is 11.9 Å². The van der Waals surface area contributed by atoms with Crippen molar-refractivity contribution in [2.24, 2.45) is 0 Å². The molecule has 7 nitrogen and oxygen atoms in total. The molecule has 1 amide bonds. The molecule has 0 aliphatic rings. The van der Waals surface area contributed by atoms with E-state index in [-0.39, 0.29) is 12.1 Å². The van der Waals surface area contributed by atoms with Gasteiger partial charge in [0.15, 0.2) is 11.5 Å². The van der Waals surface area contributed by atoms with Gasteiger partial charge in [-0.3, -0.25) is 14.0 Å². The van der Waals surface area contributed by atoms with E-state index in [1.54, 1.807) is 17.4 Å². The number of carbonyl (C=O) groups excluding carboxylic acids is 1. The van der Waals surface area contributed by atoms with Crippen LogP contribution in [0.2, 0.25) is 0 Å². The first kappa shape index (κ1) is 13.0. The summed E-state index contributed by atoms with van der Waals surface area (Å²) in [5.74, 6) is 0.159. The average molecular weight is 283 g/mol. The summed E-state index contributed by atoms with van der Waals surface area (Å²) in [6, 6.07) is 8.72. The summed E-state index contributed by atoms with van der Waals surface area (Å²) < 4.78 is 1.78. The van der Waals surface area contributed by atoms with Crippen molar-refractivity contribution in [3.8, 4) is 0 Å². The number of fused-ring (bicyclic) bond motifs is 1. The first-order valence-corrected chi connectivity index (χ1v) is 6.42. The van der Waals surface area contributed by atoms with E-state index in [1.165, 1.54) is 6.07 Å². The highest BCUT2D eigenvalue weighted by Crippen LogP contribution is 2.02. The maximum atomic E-state index is 12.0. The van der Waals surface area contributed by atoms with E-state index in [2.05, 4.69) is 20.5 Å². The van der Waals surface area contributed by atoms with Crippen LogP contribution in [0.4, 0.5) is 0 Å². The monoisotopic (exact) mass is 283 g/mol. The van der Waals surface area contributed by atoms with Gasteiger partial charge >= 0.3 is 0 Å². The Balaban J connectivity index is 1.78. The highest BCUT2D eigenvalue weighted by Gasteiger charge is 2.11. The van der Waals surface area contributed by atoms with Crippen molar-refractivity contribution in [1.29, 1.82) is 0 Å². The number of aromatic nitrogens is 4. The summed E-state index contributed by atoms with van der Waals surface area (Å²) in [6.45, 7) is 1.95. The Morgan fingerprint density at radius 1 is 1.29 bits per heavy atom. The zero-order valence-corrected chi connectivity index (χ0v) is 11.3. The van der Waals surface area contributed by atoms with Gasteiger partial charge in [0.05, 0.1) is 6.54 Å². The predicted molar refractivity (Wildman–Crippen MR) is 76.0 cm³/mol. The Bertz CT molecular complexity index is 865. The summed E-state index contributed by atoms with van der Waals surface area (Å²) in [6.07, 6.45) is 1.81. The maximum Gasteiger partial charge on any atom is 0.260 e. The molecule has 0 aromatic carbocycles. The third-order valence-corrected chi connectivity index (χ3v) is 3.09. The standard InChI is InChI=1S/C14H13N5O2/c1-9-5-6-10(14(21)16-9)13(20)15-8-12-18-17-11-4-2-3-7-19(11)12/h2-7H,8H2,1H3,(H,15,20)(H,16,21). The van der Waals surface area contributed by atoms with Crippen LogP contribution < -0.4 is 10.9 Å². The zero-order chi connectivity index (χ0) is 14.8. The molecule has 0 spiro atoms. The van der Waals surface area contributed by atoms with E-state index in [0.29, 0.717) is 17.2 Å². The number of aromatic amines is 1. The number of nitrogens with zero attached hydrogens (tertiary/aromatic N) is 3. The summed E-state index contributed by atoms with van der Waals surface area (Å²) in [5, 5.41) is 10.7. The largest absolute Gasteiger partial charge is 0.345 e. The number of rotatable bonds is 3. The molecule has 0 aliphatic heterocycles. The quantitative estimate of drug-likeness (QED) is 0.738. The second-order valence-corrected chi connectivity index (χ2v) is 4.61. The zero-order valence-electron chi connectivity index (χ0n) is 11.3. The lowest BCUT2D eigenvalue weighted by molar-refractivity contribution is 0.0948. The topological polar surface area (TPSA) is 92.2 Å². The van der Waals surface area contributed by atoms with Crippen molar-refractivity contribution in [2.45, 2.75) is 13.5 Å². The molecule has 0 fully saturated rings. The Kier molecular flexibility index (Phi) is 3.23. The maximum absolute atomic E-state index is 12.0. The third-order valence-electron chi connectivity index (χ3n) is 3.09. The Morgan fingerprint density at radius 3 is 2.95 bits per heavy atom. The van der Waals surface area contributed by atoms with Gasteiger partial charge in [-0.05, 0) is 31.2 Å². The molecular formula is C14H13N5O2. The fourth-order valence-electron chi connectivity index (χ4n) is 2.02. The van der Waals surface area contributed by atoms with Crippen molar-refractivity contribution in [2.75, 3.05) is 0 Å². The van der Waals surface area contributed by atoms with Gasteiger partial charge in [0.1, 0.15) is 5.56 Å². The second-order valence-electron chi connectivity index (χ2n) is 4.61. The lowest BCUT2D eigenvalue weighted by atomic mass is 10.2. The summed E-state index contributed by atoms with van der Waals surface area (Å²) in [7, 11) is 0. The highest BCUT2D eigenvalue weighted by molar-refractivity contribution is 5.93. The van der Waals surface area contributed by atoms with Crippen LogP contribution in [0, 0.1) is 6.92 Å². The lowest BCUT2D eigenvalue weighted by Gasteiger charge is -2.04. The summed E-state index contributed by atoms with van der Waals surface area (Å²) in [4.78, 5) is 26.3. The van der Waals surface area contributed by atoms with Crippen LogP contribution in [0.5, 0.6) is 0 Å². The molecule has 3 aromatic rings. The van der Waals surface area contributed by atoms with Crippen LogP contribution in [0.3, 0.4) is 0 Å². The molecule has 0 aliphatic carbocycles. The van der Waals surface area contributed by atoms with E-state index in [0.717, 1.165) is 0 Å². The van der Waals surface area contributed by atoms with Crippen LogP contribution in [-0.4, -0.2) is 25.5 Å². The van der Waals surface area contributed by atoms with E-state index in [4.69, 9.17) is 0 Å². The molecular weight excluding hydrogens is 270 g/mol. The molecule has 21 heavy (non-hydrogen) atoms. The SMILES string of the molecule is Cc1ccc(C(=O)NCc2nnc3ccccn23)c(=O)[nH]1. The number of hydrogen-bond donors (Lipinski definition) is 2. The molecule has 0 radical (unpaired) electrons. The lowest BCUT2D eigenvalue weighted by Crippen LogP contribution is -2.29. The minimum absolute atomic E-state index is 0.0782. The second kappa shape index (κ2) is 5.20. The number of H-pyrrole nitrogens is 1. The molecule has 0 atom stereocenters. The van der Waals surface area contributed by atoms with Gasteiger partial charge in [0.2, 0.25) is 0 Å². The van der Waals surface area contributed by atoms with Gasteiger partial charge in [-0.15, -0.1) is 10.2 Å². The van der Waals surface area contributed by atoms with Gasteiger partial charge in [-0.25, -0.2) is 0 Å². The fourth-order valence-corrected chi connectivity index (χ4v) is 2.02. The van der Waals surface area contributed by atoms with Gasteiger partial charge in [-0.1, -0.05) is 6.07 Å². The summed E-state index contributed by atoms with van der Waals surface area (Å²) >= 11 is 0. The molecule has 3 heterocycles. The van der Waals surface area contributed by atoms with E-state index in [1.807, 2.05) is 24.4 Å². The fraction of sp³-hybridized carbons (Fsp3) is 0.143. The smallest absolute Gasteiger partial charge is 0.260 e. The Hall–Kier alpha value is -2.96. The van der Waals surface area contributed by atoms with Crippen molar-refractivity contribution in [1.82, 2.24) is 24.9 Å². The Labute approximate surface area is 119 Å². The number of hydrogen-bond acceptors (Lipinski definition) is 4. The number of amides is 1. The van der Waals surface area contributed by atoms with Gasteiger partial charge in [-0.2, -0.15) is 0 Å². The third kappa shape index (κ3) is 2.53. The normalized spacial score (nSPS) is 10.7. The van der Waals surface area contributed by atoms with Gasteiger partial charge < -0.3 is 10.3 Å². The minimum Gasteiger partial charge on any atom is -0.345 e. The Morgan fingerprint density at radius 2 is 2.14 bits per heavy atom. The molecule has 0 saturated carbocycles. The van der Waals surface area contributed by atoms with Crippen LogP contribution in [-0.2, 0) is 6.54 Å². The van der Waals surface area contributed by atoms with Crippen molar-refractivity contribution < 1.29 is 4.79 Å². The van der Waals surface area contributed by atoms with E-state index >= 15 is 0 Å². The van der Waals surface area contributed by atoms with E-state index < -0.39 is 11.5 Å². The van der Waals surface area contributed by atoms with Crippen LogP contribution in [0.25, 0.3) is 5.65 Å². The number of aryl methyl sites for hydroxylation is 1. The van der Waals surface area contributed by atoms with Crippen molar-refractivity contribution in [3.63, 3.8) is 0 Å². The number of pyridine rings is 2. The number of nitrogens with one attached hydrogen (secondary N) is 2. The summed E-state index contributed by atoms with van der Waals surface area (Å²) in [5.41, 5.74) is 1.09. The number of carbonyl (C=O) groups is 1. The molecule has 3 aromatic heterocycles. The van der Waals surface area contributed by atoms with Crippen LogP contribution in [0.1, 0.15) is 21.9 Å². The molecule has 3 rings (SSSR count). The molecule has 0 unspecified atom stereocenters. The van der Waals surface area contributed by atoms with Crippen molar-refractivity contribution in [3.05, 3.63) is 64.0 Å². The van der Waals surface area contributed by atoms with Crippen LogP contribution >= 0.6 is 0 Å². The molecule has 106 valence electrons. The van der Waals surface area contributed by atoms with E-state index in [9.17, 15) is 9.59 Å². The average Bonchev–Trinajstić information content (AvgIpc) is 2.88. The highest BCUT2D eigenvalue weighted by atomic mass is 16.2. The predicted octanol–water partition coefficient (Wildman–Crippen LogP) is 0.656. The molecule has 2 N–H and O–H groups in total. The minimum atomic E-state index is -0.441. The molecule has 0 bridgehead atoms.